The van der Waals surface area contributed by atoms with Crippen molar-refractivity contribution in [1.82, 2.24) is 15.2 Å². The molecule has 2 aromatic rings. The molecule has 0 unspecified atom stereocenters. The quantitative estimate of drug-likeness (QED) is 0.935. The Morgan fingerprint density at radius 2 is 1.89 bits per heavy atom. The fraction of sp³-hybridized carbons (Fsp3) is 0.0909. The molecule has 90 valence electrons. The van der Waals surface area contributed by atoms with Gasteiger partial charge < -0.3 is 5.32 Å². The summed E-state index contributed by atoms with van der Waals surface area (Å²) in [6, 6.07) is 9.40. The normalized spacial score (nSPS) is 9.83. The molecule has 1 aromatic carbocycles. The predicted octanol–water partition coefficient (Wildman–Crippen LogP) is 2.99. The van der Waals surface area contributed by atoms with Crippen LogP contribution >= 0.6 is 23.2 Å². The molecule has 1 aromatic heterocycles. The van der Waals surface area contributed by atoms with E-state index in [1.54, 1.807) is 0 Å². The van der Waals surface area contributed by atoms with Crippen LogP contribution < -0.4 is 5.32 Å². The summed E-state index contributed by atoms with van der Waals surface area (Å²) in [6.07, 6.45) is 0.377. The summed E-state index contributed by atoms with van der Waals surface area (Å²) in [7, 11) is 0. The first-order chi connectivity index (χ1) is 8.69. The fourth-order valence-electron chi connectivity index (χ4n) is 1.31. The molecule has 0 fully saturated rings. The van der Waals surface area contributed by atoms with Crippen molar-refractivity contribution >= 4 is 34.7 Å². The van der Waals surface area contributed by atoms with Crippen molar-refractivity contribution in [1.29, 1.82) is 5.26 Å². The standard InChI is InChI=1S/C11H7Cl2N5/c12-9-10(16-11(13)18-17-9)15-8-3-1-7(2-4-8)5-6-14/h1-4H,5H2,(H,15,16,18). The Morgan fingerprint density at radius 1 is 1.17 bits per heavy atom. The van der Waals surface area contributed by atoms with Gasteiger partial charge in [0, 0.05) is 5.69 Å². The smallest absolute Gasteiger partial charge is 0.245 e. The maximum atomic E-state index is 8.57. The Morgan fingerprint density at radius 3 is 2.56 bits per heavy atom. The summed E-state index contributed by atoms with van der Waals surface area (Å²) in [4.78, 5) is 3.92. The van der Waals surface area contributed by atoms with Crippen LogP contribution in [-0.2, 0) is 6.42 Å². The third-order valence-electron chi connectivity index (χ3n) is 2.12. The summed E-state index contributed by atoms with van der Waals surface area (Å²) in [5, 5.41) is 18.8. The maximum absolute atomic E-state index is 8.57. The minimum Gasteiger partial charge on any atom is -0.338 e. The second kappa shape index (κ2) is 5.63. The van der Waals surface area contributed by atoms with E-state index in [1.807, 2.05) is 24.3 Å². The van der Waals surface area contributed by atoms with Crippen LogP contribution in [0.1, 0.15) is 5.56 Å². The lowest BCUT2D eigenvalue weighted by Crippen LogP contribution is -1.98. The number of halogens is 2. The highest BCUT2D eigenvalue weighted by Crippen LogP contribution is 2.21. The van der Waals surface area contributed by atoms with Crippen LogP contribution in [0.5, 0.6) is 0 Å². The van der Waals surface area contributed by atoms with Crippen molar-refractivity contribution in [2.24, 2.45) is 0 Å². The highest BCUT2D eigenvalue weighted by Gasteiger charge is 2.06. The molecule has 7 heteroatoms. The predicted molar refractivity (Wildman–Crippen MR) is 68.9 cm³/mol. The molecule has 5 nitrogen and oxygen atoms in total. The van der Waals surface area contributed by atoms with E-state index in [1.165, 1.54) is 0 Å². The van der Waals surface area contributed by atoms with Gasteiger partial charge in [0.2, 0.25) is 5.28 Å². The third kappa shape index (κ3) is 3.06. The Labute approximate surface area is 113 Å². The zero-order valence-electron chi connectivity index (χ0n) is 9.06. The number of anilines is 2. The molecule has 0 bridgehead atoms. The number of nitrogens with zero attached hydrogens (tertiary/aromatic N) is 4. The molecule has 0 aliphatic heterocycles. The lowest BCUT2D eigenvalue weighted by molar-refractivity contribution is 0.974. The van der Waals surface area contributed by atoms with E-state index in [0.29, 0.717) is 12.2 Å². The van der Waals surface area contributed by atoms with Crippen LogP contribution in [-0.4, -0.2) is 15.2 Å². The first-order valence-electron chi connectivity index (χ1n) is 4.97. The molecule has 18 heavy (non-hydrogen) atoms. The molecule has 0 saturated carbocycles. The molecule has 1 N–H and O–H groups in total. The van der Waals surface area contributed by atoms with Crippen LogP contribution in [0.25, 0.3) is 0 Å². The van der Waals surface area contributed by atoms with E-state index < -0.39 is 0 Å². The maximum Gasteiger partial charge on any atom is 0.245 e. The van der Waals surface area contributed by atoms with Crippen molar-refractivity contribution in [3.05, 3.63) is 40.3 Å². The Bertz CT molecular complexity index is 591. The zero-order valence-corrected chi connectivity index (χ0v) is 10.6. The minimum atomic E-state index is 0.0167. The van der Waals surface area contributed by atoms with E-state index in [2.05, 4.69) is 26.6 Å². The molecule has 0 aliphatic rings. The average molecular weight is 280 g/mol. The number of nitrogens with one attached hydrogen (secondary N) is 1. The fourth-order valence-corrected chi connectivity index (χ4v) is 1.56. The summed E-state index contributed by atoms with van der Waals surface area (Å²) in [5.41, 5.74) is 1.71. The summed E-state index contributed by atoms with van der Waals surface area (Å²) in [5.74, 6) is 0.338. The van der Waals surface area contributed by atoms with E-state index in [-0.39, 0.29) is 10.4 Å². The van der Waals surface area contributed by atoms with Gasteiger partial charge in [-0.15, -0.1) is 10.2 Å². The van der Waals surface area contributed by atoms with Crippen LogP contribution in [0.2, 0.25) is 10.4 Å². The van der Waals surface area contributed by atoms with Crippen LogP contribution in [0.3, 0.4) is 0 Å². The Kier molecular flexibility index (Phi) is 3.92. The third-order valence-corrected chi connectivity index (χ3v) is 2.53. The first kappa shape index (κ1) is 12.6. The second-order valence-electron chi connectivity index (χ2n) is 3.38. The molecule has 0 radical (unpaired) electrons. The van der Waals surface area contributed by atoms with Crippen molar-refractivity contribution in [3.63, 3.8) is 0 Å². The highest BCUT2D eigenvalue weighted by atomic mass is 35.5. The molecule has 0 saturated heterocycles. The van der Waals surface area contributed by atoms with Crippen molar-refractivity contribution in [2.45, 2.75) is 6.42 Å². The topological polar surface area (TPSA) is 74.5 Å². The largest absolute Gasteiger partial charge is 0.338 e. The highest BCUT2D eigenvalue weighted by molar-refractivity contribution is 6.32. The molecule has 2 rings (SSSR count). The van der Waals surface area contributed by atoms with Crippen molar-refractivity contribution in [2.75, 3.05) is 5.32 Å². The van der Waals surface area contributed by atoms with Gasteiger partial charge in [-0.05, 0) is 29.3 Å². The van der Waals surface area contributed by atoms with Gasteiger partial charge in [-0.25, -0.2) is 0 Å². The van der Waals surface area contributed by atoms with Gasteiger partial charge in [-0.1, -0.05) is 23.7 Å². The van der Waals surface area contributed by atoms with E-state index in [9.17, 15) is 0 Å². The van der Waals surface area contributed by atoms with Crippen LogP contribution in [0, 0.1) is 11.3 Å². The molecule has 0 atom stereocenters. The number of benzene rings is 1. The van der Waals surface area contributed by atoms with Crippen LogP contribution in [0.15, 0.2) is 24.3 Å². The molecule has 1 heterocycles. The van der Waals surface area contributed by atoms with Crippen LogP contribution in [0.4, 0.5) is 11.5 Å². The zero-order chi connectivity index (χ0) is 13.0. The lowest BCUT2D eigenvalue weighted by atomic mass is 10.1. The van der Waals surface area contributed by atoms with E-state index >= 15 is 0 Å². The van der Waals surface area contributed by atoms with Gasteiger partial charge >= 0.3 is 0 Å². The Hall–Kier alpha value is -1.90. The minimum absolute atomic E-state index is 0.0167. The number of aromatic nitrogens is 3. The van der Waals surface area contributed by atoms with Gasteiger partial charge in [0.05, 0.1) is 12.5 Å². The van der Waals surface area contributed by atoms with E-state index in [0.717, 1.165) is 11.3 Å². The van der Waals surface area contributed by atoms with E-state index in [4.69, 9.17) is 28.5 Å². The monoisotopic (exact) mass is 279 g/mol. The SMILES string of the molecule is N#CCc1ccc(Nc2nc(Cl)nnc2Cl)cc1. The summed E-state index contributed by atoms with van der Waals surface area (Å²) >= 11 is 11.5. The Balaban J connectivity index is 2.18. The van der Waals surface area contributed by atoms with Gasteiger partial charge in [-0.3, -0.25) is 0 Å². The van der Waals surface area contributed by atoms with Gasteiger partial charge in [-0.2, -0.15) is 10.2 Å². The van der Waals surface area contributed by atoms with Crippen molar-refractivity contribution < 1.29 is 0 Å². The average Bonchev–Trinajstić information content (AvgIpc) is 2.37. The number of rotatable bonds is 3. The molecular weight excluding hydrogens is 273 g/mol. The molecule has 0 spiro atoms. The first-order valence-corrected chi connectivity index (χ1v) is 5.73. The summed E-state index contributed by atoms with van der Waals surface area (Å²) in [6.45, 7) is 0. The number of hydrogen-bond acceptors (Lipinski definition) is 5. The molecular formula is C11H7Cl2N5. The number of hydrogen-bond donors (Lipinski definition) is 1. The van der Waals surface area contributed by atoms with Gasteiger partial charge in [0.1, 0.15) is 0 Å². The number of nitriles is 1. The lowest BCUT2D eigenvalue weighted by Gasteiger charge is -2.06. The van der Waals surface area contributed by atoms with Gasteiger partial charge in [0.15, 0.2) is 11.0 Å². The van der Waals surface area contributed by atoms with Crippen molar-refractivity contribution in [3.8, 4) is 6.07 Å². The van der Waals surface area contributed by atoms with Gasteiger partial charge in [0.25, 0.3) is 0 Å². The summed E-state index contributed by atoms with van der Waals surface area (Å²) < 4.78 is 0. The molecule has 0 aliphatic carbocycles. The second-order valence-corrected chi connectivity index (χ2v) is 4.07. The molecule has 0 amide bonds.